The van der Waals surface area contributed by atoms with Crippen LogP contribution < -0.4 is 5.32 Å². The van der Waals surface area contributed by atoms with Crippen molar-refractivity contribution >= 4 is 17.7 Å². The lowest BCUT2D eigenvalue weighted by atomic mass is 9.97. The molecule has 26 heavy (non-hydrogen) atoms. The third-order valence-electron chi connectivity index (χ3n) is 4.41. The van der Waals surface area contributed by atoms with Crippen LogP contribution in [0.15, 0.2) is 47.4 Å². The number of hydrogen-bond donors (Lipinski definition) is 1. The van der Waals surface area contributed by atoms with Crippen LogP contribution in [0, 0.1) is 5.82 Å². The van der Waals surface area contributed by atoms with Crippen LogP contribution in [-0.4, -0.2) is 32.5 Å². The largest absolute Gasteiger partial charge is 0.355 e. The van der Waals surface area contributed by atoms with Gasteiger partial charge in [-0.3, -0.25) is 9.36 Å². The van der Waals surface area contributed by atoms with Crippen LogP contribution in [0.5, 0.6) is 0 Å². The Hall–Kier alpha value is -2.15. The van der Waals surface area contributed by atoms with Crippen molar-refractivity contribution in [1.82, 2.24) is 20.1 Å². The molecular formula is C19H23FN4OS. The first-order valence-electron chi connectivity index (χ1n) is 8.92. The number of carbonyl (C=O) groups is 1. The summed E-state index contributed by atoms with van der Waals surface area (Å²) in [7, 11) is 0. The van der Waals surface area contributed by atoms with Gasteiger partial charge in [0.05, 0.1) is 10.9 Å². The fourth-order valence-corrected chi connectivity index (χ4v) is 3.81. The SMILES string of the molecule is CC(Sc1nncn1-c1ccccc1F)C(=O)NCCC1=CCCCC1. The number of nitrogens with zero attached hydrogens (tertiary/aromatic N) is 3. The molecule has 1 aliphatic rings. The summed E-state index contributed by atoms with van der Waals surface area (Å²) in [6, 6.07) is 6.43. The lowest BCUT2D eigenvalue weighted by Crippen LogP contribution is -2.32. The van der Waals surface area contributed by atoms with Gasteiger partial charge in [0.2, 0.25) is 5.91 Å². The van der Waals surface area contributed by atoms with Gasteiger partial charge >= 0.3 is 0 Å². The van der Waals surface area contributed by atoms with Gasteiger partial charge in [0.25, 0.3) is 0 Å². The molecule has 138 valence electrons. The van der Waals surface area contributed by atoms with E-state index in [-0.39, 0.29) is 17.0 Å². The van der Waals surface area contributed by atoms with Crippen LogP contribution in [0.2, 0.25) is 0 Å². The van der Waals surface area contributed by atoms with Gasteiger partial charge < -0.3 is 5.32 Å². The van der Waals surface area contributed by atoms with Crippen LogP contribution in [0.1, 0.15) is 39.0 Å². The molecule has 7 heteroatoms. The van der Waals surface area contributed by atoms with Gasteiger partial charge in [-0.25, -0.2) is 4.39 Å². The van der Waals surface area contributed by atoms with Crippen molar-refractivity contribution < 1.29 is 9.18 Å². The number of carbonyl (C=O) groups excluding carboxylic acids is 1. The summed E-state index contributed by atoms with van der Waals surface area (Å²) in [6.45, 7) is 2.47. The van der Waals surface area contributed by atoms with Crippen molar-refractivity contribution in [3.8, 4) is 5.69 Å². The summed E-state index contributed by atoms with van der Waals surface area (Å²) >= 11 is 1.27. The Labute approximate surface area is 157 Å². The first-order chi connectivity index (χ1) is 12.6. The molecule has 1 atom stereocenters. The number of thioether (sulfide) groups is 1. The second-order valence-corrected chi connectivity index (χ2v) is 7.65. The number of halogens is 1. The standard InChI is InChI=1S/C19H23FN4OS/c1-14(18(25)21-12-11-15-7-3-2-4-8-15)26-19-23-22-13-24(19)17-10-6-5-9-16(17)20/h5-7,9-10,13-14H,2-4,8,11-12H2,1H3,(H,21,25). The van der Waals surface area contributed by atoms with Crippen LogP contribution in [0.3, 0.4) is 0 Å². The Morgan fingerprint density at radius 3 is 3.00 bits per heavy atom. The summed E-state index contributed by atoms with van der Waals surface area (Å²) in [4.78, 5) is 12.3. The zero-order valence-electron chi connectivity index (χ0n) is 14.8. The molecule has 1 unspecified atom stereocenters. The van der Waals surface area contributed by atoms with Gasteiger partial charge in [0.1, 0.15) is 12.1 Å². The molecule has 2 aromatic rings. The Kier molecular flexibility index (Phi) is 6.44. The van der Waals surface area contributed by atoms with E-state index in [0.717, 1.165) is 19.3 Å². The monoisotopic (exact) mass is 374 g/mol. The minimum atomic E-state index is -0.355. The molecule has 3 rings (SSSR count). The van der Waals surface area contributed by atoms with E-state index in [2.05, 4.69) is 21.6 Å². The predicted molar refractivity (Wildman–Crippen MR) is 101 cm³/mol. The van der Waals surface area contributed by atoms with E-state index in [1.54, 1.807) is 22.8 Å². The highest BCUT2D eigenvalue weighted by molar-refractivity contribution is 8.00. The molecule has 0 saturated heterocycles. The summed E-state index contributed by atoms with van der Waals surface area (Å²) < 4.78 is 15.6. The number of amides is 1. The fraction of sp³-hybridized carbons (Fsp3) is 0.421. The van der Waals surface area contributed by atoms with Gasteiger partial charge in [-0.1, -0.05) is 35.5 Å². The molecule has 1 amide bonds. The zero-order chi connectivity index (χ0) is 18.4. The normalized spacial score (nSPS) is 15.4. The van der Waals surface area contributed by atoms with Crippen LogP contribution in [0.4, 0.5) is 4.39 Å². The lowest BCUT2D eigenvalue weighted by Gasteiger charge is -2.15. The van der Waals surface area contributed by atoms with Crippen molar-refractivity contribution in [2.24, 2.45) is 0 Å². The van der Waals surface area contributed by atoms with E-state index in [4.69, 9.17) is 0 Å². The minimum Gasteiger partial charge on any atom is -0.355 e. The maximum Gasteiger partial charge on any atom is 0.233 e. The third kappa shape index (κ3) is 4.72. The van der Waals surface area contributed by atoms with E-state index < -0.39 is 0 Å². The molecule has 1 aliphatic carbocycles. The van der Waals surface area contributed by atoms with E-state index in [0.29, 0.717) is 17.4 Å². The van der Waals surface area contributed by atoms with E-state index in [1.807, 2.05) is 6.92 Å². The van der Waals surface area contributed by atoms with Crippen molar-refractivity contribution in [1.29, 1.82) is 0 Å². The molecule has 0 fully saturated rings. The lowest BCUT2D eigenvalue weighted by molar-refractivity contribution is -0.120. The Morgan fingerprint density at radius 2 is 2.23 bits per heavy atom. The highest BCUT2D eigenvalue weighted by Gasteiger charge is 2.19. The summed E-state index contributed by atoms with van der Waals surface area (Å²) in [5, 5.41) is 11.0. The van der Waals surface area contributed by atoms with Crippen molar-refractivity contribution in [3.05, 3.63) is 48.1 Å². The number of allylic oxidation sites excluding steroid dienone is 1. The first kappa shape index (κ1) is 18.6. The molecule has 5 nitrogen and oxygen atoms in total. The van der Waals surface area contributed by atoms with Crippen LogP contribution in [-0.2, 0) is 4.79 Å². The average molecular weight is 374 g/mol. The van der Waals surface area contributed by atoms with Crippen LogP contribution in [0.25, 0.3) is 5.69 Å². The maximum absolute atomic E-state index is 14.0. The Balaban J connectivity index is 1.56. The topological polar surface area (TPSA) is 59.8 Å². The van der Waals surface area contributed by atoms with Gasteiger partial charge in [-0.05, 0) is 51.2 Å². The highest BCUT2D eigenvalue weighted by Crippen LogP contribution is 2.25. The number of para-hydroxylation sites is 1. The highest BCUT2D eigenvalue weighted by atomic mass is 32.2. The summed E-state index contributed by atoms with van der Waals surface area (Å²) in [6.07, 6.45) is 9.48. The van der Waals surface area contributed by atoms with E-state index in [1.165, 1.54) is 42.6 Å². The van der Waals surface area contributed by atoms with Gasteiger partial charge in [0, 0.05) is 6.54 Å². The van der Waals surface area contributed by atoms with Crippen molar-refractivity contribution in [2.75, 3.05) is 6.54 Å². The number of hydrogen-bond acceptors (Lipinski definition) is 4. The molecule has 0 aliphatic heterocycles. The van der Waals surface area contributed by atoms with Crippen LogP contribution >= 0.6 is 11.8 Å². The Morgan fingerprint density at radius 1 is 1.38 bits per heavy atom. The smallest absolute Gasteiger partial charge is 0.233 e. The van der Waals surface area contributed by atoms with Gasteiger partial charge in [0.15, 0.2) is 5.16 Å². The molecule has 1 heterocycles. The summed E-state index contributed by atoms with van der Waals surface area (Å²) in [5.41, 5.74) is 1.81. The first-order valence-corrected chi connectivity index (χ1v) is 9.80. The summed E-state index contributed by atoms with van der Waals surface area (Å²) in [5.74, 6) is -0.401. The zero-order valence-corrected chi connectivity index (χ0v) is 15.6. The van der Waals surface area contributed by atoms with Gasteiger partial charge in [-0.15, -0.1) is 10.2 Å². The average Bonchev–Trinajstić information content (AvgIpc) is 3.10. The maximum atomic E-state index is 14.0. The molecule has 1 N–H and O–H groups in total. The Bertz CT molecular complexity index is 789. The third-order valence-corrected chi connectivity index (χ3v) is 5.47. The van der Waals surface area contributed by atoms with Crippen molar-refractivity contribution in [2.45, 2.75) is 49.4 Å². The van der Waals surface area contributed by atoms with Gasteiger partial charge in [-0.2, -0.15) is 0 Å². The molecule has 0 bridgehead atoms. The molecule has 0 radical (unpaired) electrons. The second-order valence-electron chi connectivity index (χ2n) is 6.34. The number of benzene rings is 1. The molecule has 1 aromatic carbocycles. The molecule has 0 saturated carbocycles. The predicted octanol–water partition coefficient (Wildman–Crippen LogP) is 3.89. The second kappa shape index (κ2) is 8.98. The number of nitrogens with one attached hydrogen (secondary N) is 1. The quantitative estimate of drug-likeness (QED) is 0.590. The molecule has 1 aromatic heterocycles. The molecule has 0 spiro atoms. The van der Waals surface area contributed by atoms with Crippen molar-refractivity contribution in [3.63, 3.8) is 0 Å². The molecular weight excluding hydrogens is 351 g/mol. The van der Waals surface area contributed by atoms with E-state index >= 15 is 0 Å². The number of rotatable bonds is 7. The van der Waals surface area contributed by atoms with E-state index in [9.17, 15) is 9.18 Å². The number of aromatic nitrogens is 3. The fourth-order valence-electron chi connectivity index (χ4n) is 2.95. The minimum absolute atomic E-state index is 0.0468.